The Morgan fingerprint density at radius 2 is 1.71 bits per heavy atom. The smallest absolute Gasteiger partial charge is 0.301 e. The Morgan fingerprint density at radius 3 is 2.44 bits per heavy atom. The molecule has 1 aliphatic rings. The summed E-state index contributed by atoms with van der Waals surface area (Å²) in [6.45, 7) is 0. The van der Waals surface area contributed by atoms with Crippen molar-refractivity contribution in [1.82, 2.24) is 4.98 Å². The van der Waals surface area contributed by atoms with E-state index in [2.05, 4.69) is 4.98 Å². The molecule has 0 spiro atoms. The number of aromatic nitrogens is 1. The van der Waals surface area contributed by atoms with Crippen LogP contribution in [-0.2, 0) is 9.59 Å². The number of benzene rings is 3. The highest BCUT2D eigenvalue weighted by Crippen LogP contribution is 2.46. The number of amides is 1. The zero-order chi connectivity index (χ0) is 23.8. The van der Waals surface area contributed by atoms with Crippen LogP contribution >= 0.6 is 11.3 Å². The summed E-state index contributed by atoms with van der Waals surface area (Å²) in [5.41, 5.74) is 1.66. The van der Waals surface area contributed by atoms with Gasteiger partial charge in [0.05, 0.1) is 30.0 Å². The zero-order valence-electron chi connectivity index (χ0n) is 18.4. The molecular formula is C26H20N2O5S. The van der Waals surface area contributed by atoms with Crippen LogP contribution in [0.1, 0.15) is 17.2 Å². The van der Waals surface area contributed by atoms with Crippen molar-refractivity contribution < 1.29 is 24.2 Å². The standard InChI is InChI=1S/C26H20N2O5S/c1-32-16-12-13-18-20(14-16)34-26(27-18)28-22(17-10-6-7-11-19(17)33-2)21(24(30)25(28)31)23(29)15-8-4-3-5-9-15/h3-14,22,29H,1-2H3. The van der Waals surface area contributed by atoms with Crippen LogP contribution in [0.15, 0.2) is 78.4 Å². The van der Waals surface area contributed by atoms with Gasteiger partial charge in [0.1, 0.15) is 23.3 Å². The normalized spacial score (nSPS) is 17.4. The van der Waals surface area contributed by atoms with E-state index >= 15 is 0 Å². The van der Waals surface area contributed by atoms with Gasteiger partial charge >= 0.3 is 5.91 Å². The second-order valence-corrected chi connectivity index (χ2v) is 8.62. The number of hydrogen-bond donors (Lipinski definition) is 1. The molecule has 4 aromatic rings. The fourth-order valence-electron chi connectivity index (χ4n) is 4.09. The Labute approximate surface area is 199 Å². The molecule has 0 saturated carbocycles. The lowest BCUT2D eigenvalue weighted by molar-refractivity contribution is -0.132. The highest BCUT2D eigenvalue weighted by Gasteiger charge is 2.49. The zero-order valence-corrected chi connectivity index (χ0v) is 19.2. The van der Waals surface area contributed by atoms with Crippen molar-refractivity contribution in [3.63, 3.8) is 0 Å². The lowest BCUT2D eigenvalue weighted by Crippen LogP contribution is -2.29. The third-order valence-electron chi connectivity index (χ3n) is 5.72. The minimum absolute atomic E-state index is 0.0162. The topological polar surface area (TPSA) is 89.0 Å². The molecule has 8 heteroatoms. The van der Waals surface area contributed by atoms with Crippen LogP contribution in [0.25, 0.3) is 16.0 Å². The van der Waals surface area contributed by atoms with E-state index in [-0.39, 0.29) is 11.3 Å². The first-order chi connectivity index (χ1) is 16.5. The molecule has 34 heavy (non-hydrogen) atoms. The minimum Gasteiger partial charge on any atom is -0.507 e. The Bertz CT molecular complexity index is 1440. The van der Waals surface area contributed by atoms with Crippen LogP contribution in [-0.4, -0.2) is 36.0 Å². The maximum absolute atomic E-state index is 13.4. The van der Waals surface area contributed by atoms with Crippen LogP contribution in [0.3, 0.4) is 0 Å². The molecule has 0 bridgehead atoms. The molecule has 2 heterocycles. The molecule has 7 nitrogen and oxygen atoms in total. The van der Waals surface area contributed by atoms with Crippen molar-refractivity contribution in [3.05, 3.63) is 89.5 Å². The summed E-state index contributed by atoms with van der Waals surface area (Å²) in [6, 6.07) is 20.3. The number of carbonyl (C=O) groups is 2. The summed E-state index contributed by atoms with van der Waals surface area (Å²) in [7, 11) is 3.10. The Balaban J connectivity index is 1.75. The highest BCUT2D eigenvalue weighted by molar-refractivity contribution is 7.22. The number of anilines is 1. The number of carbonyl (C=O) groups excluding carboxylic acids is 2. The van der Waals surface area contributed by atoms with Crippen molar-refractivity contribution in [2.24, 2.45) is 0 Å². The predicted octanol–water partition coefficient (Wildman–Crippen LogP) is 4.94. The quantitative estimate of drug-likeness (QED) is 0.251. The third-order valence-corrected chi connectivity index (χ3v) is 6.73. The van der Waals surface area contributed by atoms with Gasteiger partial charge in [0.2, 0.25) is 0 Å². The monoisotopic (exact) mass is 472 g/mol. The van der Waals surface area contributed by atoms with Gasteiger partial charge in [-0.2, -0.15) is 0 Å². The van der Waals surface area contributed by atoms with E-state index < -0.39 is 17.7 Å². The molecule has 1 N–H and O–H groups in total. The van der Waals surface area contributed by atoms with Crippen molar-refractivity contribution >= 4 is 44.1 Å². The molecule has 3 aromatic carbocycles. The molecule has 1 fully saturated rings. The number of rotatable bonds is 5. The predicted molar refractivity (Wildman–Crippen MR) is 130 cm³/mol. The molecule has 1 unspecified atom stereocenters. The number of nitrogens with zero attached hydrogens (tertiary/aromatic N) is 2. The minimum atomic E-state index is -0.918. The number of thiazole rings is 1. The number of para-hydroxylation sites is 1. The number of fused-ring (bicyclic) bond motifs is 1. The van der Waals surface area contributed by atoms with Gasteiger partial charge in [0, 0.05) is 11.1 Å². The second kappa shape index (κ2) is 8.64. The summed E-state index contributed by atoms with van der Waals surface area (Å²) in [4.78, 5) is 32.6. The SMILES string of the molecule is COc1ccc2nc(N3C(=O)C(=O)C(=C(O)c4ccccc4)C3c3ccccc3OC)sc2c1. The number of ether oxygens (including phenoxy) is 2. The number of hydrogen-bond acceptors (Lipinski definition) is 7. The van der Waals surface area contributed by atoms with Gasteiger partial charge in [-0.15, -0.1) is 0 Å². The maximum atomic E-state index is 13.4. The molecule has 1 aliphatic heterocycles. The highest BCUT2D eigenvalue weighted by atomic mass is 32.1. The van der Waals surface area contributed by atoms with Crippen LogP contribution in [0.2, 0.25) is 0 Å². The van der Waals surface area contributed by atoms with E-state index in [9.17, 15) is 14.7 Å². The molecule has 5 rings (SSSR count). The Morgan fingerprint density at radius 1 is 0.971 bits per heavy atom. The summed E-state index contributed by atoms with van der Waals surface area (Å²) < 4.78 is 11.7. The van der Waals surface area contributed by atoms with Crippen molar-refractivity contribution in [1.29, 1.82) is 0 Å². The van der Waals surface area contributed by atoms with Gasteiger partial charge < -0.3 is 14.6 Å². The van der Waals surface area contributed by atoms with E-state index in [1.165, 1.54) is 23.3 Å². The summed E-state index contributed by atoms with van der Waals surface area (Å²) in [6.07, 6.45) is 0. The van der Waals surface area contributed by atoms with Crippen LogP contribution in [0, 0.1) is 0 Å². The van der Waals surface area contributed by atoms with Crippen molar-refractivity contribution in [2.45, 2.75) is 6.04 Å². The van der Waals surface area contributed by atoms with Gasteiger partial charge in [0.15, 0.2) is 5.13 Å². The van der Waals surface area contributed by atoms with Crippen LogP contribution in [0.4, 0.5) is 5.13 Å². The van der Waals surface area contributed by atoms with E-state index in [1.54, 1.807) is 67.8 Å². The molecule has 0 radical (unpaired) electrons. The van der Waals surface area contributed by atoms with Gasteiger partial charge in [-0.3, -0.25) is 14.5 Å². The summed E-state index contributed by atoms with van der Waals surface area (Å²) in [5.74, 6) is -0.648. The Hall–Kier alpha value is -4.17. The first-order valence-electron chi connectivity index (χ1n) is 10.5. The molecule has 1 saturated heterocycles. The van der Waals surface area contributed by atoms with E-state index in [0.29, 0.717) is 33.3 Å². The fourth-order valence-corrected chi connectivity index (χ4v) is 5.11. The fraction of sp³-hybridized carbons (Fsp3) is 0.115. The molecule has 1 aromatic heterocycles. The van der Waals surface area contributed by atoms with Crippen molar-refractivity contribution in [3.8, 4) is 11.5 Å². The molecule has 1 atom stereocenters. The lowest BCUT2D eigenvalue weighted by atomic mass is 9.95. The average molecular weight is 473 g/mol. The second-order valence-electron chi connectivity index (χ2n) is 7.61. The average Bonchev–Trinajstić information content (AvgIpc) is 3.41. The number of aliphatic hydroxyl groups is 1. The number of Topliss-reactive ketones (excluding diaryl/α,β-unsaturated/α-hetero) is 1. The number of methoxy groups -OCH3 is 2. The van der Waals surface area contributed by atoms with E-state index in [4.69, 9.17) is 9.47 Å². The van der Waals surface area contributed by atoms with Gasteiger partial charge in [-0.1, -0.05) is 59.9 Å². The van der Waals surface area contributed by atoms with Crippen LogP contribution in [0.5, 0.6) is 11.5 Å². The molecule has 1 amide bonds. The number of aliphatic hydroxyl groups excluding tert-OH is 1. The van der Waals surface area contributed by atoms with E-state index in [1.807, 2.05) is 12.1 Å². The van der Waals surface area contributed by atoms with Crippen LogP contribution < -0.4 is 14.4 Å². The van der Waals surface area contributed by atoms with Gasteiger partial charge in [0.25, 0.3) is 5.78 Å². The first kappa shape index (κ1) is 21.7. The summed E-state index contributed by atoms with van der Waals surface area (Å²) >= 11 is 1.27. The Kier molecular flexibility index (Phi) is 5.51. The van der Waals surface area contributed by atoms with E-state index in [0.717, 1.165) is 4.70 Å². The van der Waals surface area contributed by atoms with Gasteiger partial charge in [-0.25, -0.2) is 4.98 Å². The molecule has 170 valence electrons. The maximum Gasteiger partial charge on any atom is 0.301 e. The first-order valence-corrected chi connectivity index (χ1v) is 11.3. The number of ketones is 1. The van der Waals surface area contributed by atoms with Crippen molar-refractivity contribution in [2.75, 3.05) is 19.1 Å². The summed E-state index contributed by atoms with van der Waals surface area (Å²) in [5, 5.41) is 11.5. The third kappa shape index (κ3) is 3.48. The largest absolute Gasteiger partial charge is 0.507 e. The molecule has 0 aliphatic carbocycles. The van der Waals surface area contributed by atoms with Gasteiger partial charge in [-0.05, 0) is 24.3 Å². The molecular weight excluding hydrogens is 452 g/mol. The lowest BCUT2D eigenvalue weighted by Gasteiger charge is -2.24.